The highest BCUT2D eigenvalue weighted by atomic mass is 32.2. The van der Waals surface area contributed by atoms with E-state index in [9.17, 15) is 15.0 Å². The molecule has 0 bridgehead atoms. The summed E-state index contributed by atoms with van der Waals surface area (Å²) in [7, 11) is 0. The lowest BCUT2D eigenvalue weighted by atomic mass is 9.91. The fraction of sp³-hybridized carbons (Fsp3) is 0.857. The predicted molar refractivity (Wildman–Crippen MR) is 45.1 cm³/mol. The molecule has 1 rings (SSSR count). The number of aliphatic carboxylic acids is 1. The van der Waals surface area contributed by atoms with Crippen LogP contribution in [0.25, 0.3) is 0 Å². The van der Waals surface area contributed by atoms with Crippen LogP contribution >= 0.6 is 11.8 Å². The number of aliphatic hydroxyl groups excluding tert-OH is 1. The van der Waals surface area contributed by atoms with Gasteiger partial charge in [0.1, 0.15) is 5.60 Å². The zero-order chi connectivity index (χ0) is 9.35. The first-order valence-corrected chi connectivity index (χ1v) is 4.78. The Balaban J connectivity index is 2.76. The maximum absolute atomic E-state index is 10.4. The van der Waals surface area contributed by atoms with Crippen molar-refractivity contribution in [1.29, 1.82) is 0 Å². The highest BCUT2D eigenvalue weighted by molar-refractivity contribution is 8.00. The summed E-state index contributed by atoms with van der Waals surface area (Å²) >= 11 is 1.48. The standard InChI is InChI=1S/C7H12O4S/c1-4-7(11,2-3-12-4)5(8)6(9)10/h4-5,8,11H,2-3H2,1H3,(H,9,10). The van der Waals surface area contributed by atoms with Crippen LogP contribution < -0.4 is 0 Å². The topological polar surface area (TPSA) is 77.8 Å². The summed E-state index contributed by atoms with van der Waals surface area (Å²) in [6.45, 7) is 1.73. The van der Waals surface area contributed by atoms with Crippen LogP contribution in [0, 0.1) is 0 Å². The van der Waals surface area contributed by atoms with Gasteiger partial charge in [0, 0.05) is 5.25 Å². The molecule has 0 radical (unpaired) electrons. The van der Waals surface area contributed by atoms with Crippen LogP contribution in [0.2, 0.25) is 0 Å². The van der Waals surface area contributed by atoms with Gasteiger partial charge in [0.2, 0.25) is 0 Å². The average molecular weight is 192 g/mol. The Kier molecular flexibility index (Phi) is 2.65. The second-order valence-electron chi connectivity index (χ2n) is 3.00. The van der Waals surface area contributed by atoms with Crippen molar-refractivity contribution >= 4 is 17.7 Å². The van der Waals surface area contributed by atoms with Gasteiger partial charge in [-0.05, 0) is 12.2 Å². The van der Waals surface area contributed by atoms with Gasteiger partial charge < -0.3 is 15.3 Å². The molecule has 70 valence electrons. The van der Waals surface area contributed by atoms with E-state index in [-0.39, 0.29) is 5.25 Å². The first-order chi connectivity index (χ1) is 5.48. The van der Waals surface area contributed by atoms with Gasteiger partial charge in [0.05, 0.1) is 0 Å². The van der Waals surface area contributed by atoms with Gasteiger partial charge in [0.25, 0.3) is 0 Å². The molecule has 1 aliphatic heterocycles. The summed E-state index contributed by atoms with van der Waals surface area (Å²) in [5.74, 6) is -0.658. The van der Waals surface area contributed by atoms with Crippen LogP contribution in [0.1, 0.15) is 13.3 Å². The van der Waals surface area contributed by atoms with E-state index in [2.05, 4.69) is 0 Å². The molecule has 5 heteroatoms. The molecule has 0 aromatic rings. The number of carbonyl (C=O) groups is 1. The van der Waals surface area contributed by atoms with Crippen LogP contribution in [0.4, 0.5) is 0 Å². The smallest absolute Gasteiger partial charge is 0.335 e. The van der Waals surface area contributed by atoms with Gasteiger partial charge in [-0.15, -0.1) is 0 Å². The molecular formula is C7H12O4S. The van der Waals surface area contributed by atoms with E-state index >= 15 is 0 Å². The van der Waals surface area contributed by atoms with Crippen molar-refractivity contribution in [1.82, 2.24) is 0 Å². The van der Waals surface area contributed by atoms with E-state index in [0.717, 1.165) is 0 Å². The third kappa shape index (κ3) is 1.44. The number of hydrogen-bond donors (Lipinski definition) is 3. The second kappa shape index (κ2) is 3.24. The van der Waals surface area contributed by atoms with Gasteiger partial charge in [-0.2, -0.15) is 11.8 Å². The largest absolute Gasteiger partial charge is 0.479 e. The van der Waals surface area contributed by atoms with Gasteiger partial charge in [-0.25, -0.2) is 4.79 Å². The summed E-state index contributed by atoms with van der Waals surface area (Å²) in [5, 5.41) is 27.2. The highest BCUT2D eigenvalue weighted by Crippen LogP contribution is 2.37. The summed E-state index contributed by atoms with van der Waals surface area (Å²) < 4.78 is 0. The molecule has 0 aromatic carbocycles. The maximum Gasteiger partial charge on any atom is 0.335 e. The lowest BCUT2D eigenvalue weighted by molar-refractivity contribution is -0.162. The number of thioether (sulfide) groups is 1. The molecule has 3 atom stereocenters. The molecule has 0 spiro atoms. The Bertz CT molecular complexity index is 196. The SMILES string of the molecule is CC1SCCC1(O)C(O)C(=O)O. The predicted octanol–water partition coefficient (Wildman–Crippen LogP) is -0.312. The van der Waals surface area contributed by atoms with Crippen molar-refractivity contribution in [2.24, 2.45) is 0 Å². The number of aliphatic hydroxyl groups is 2. The van der Waals surface area contributed by atoms with Crippen LogP contribution in [0.15, 0.2) is 0 Å². The van der Waals surface area contributed by atoms with Crippen molar-refractivity contribution in [3.63, 3.8) is 0 Å². The van der Waals surface area contributed by atoms with Crippen LogP contribution in [-0.2, 0) is 4.79 Å². The molecule has 12 heavy (non-hydrogen) atoms. The van der Waals surface area contributed by atoms with Gasteiger partial charge in [0.15, 0.2) is 6.10 Å². The molecule has 1 aliphatic rings. The molecule has 0 saturated carbocycles. The first kappa shape index (κ1) is 9.83. The molecule has 1 heterocycles. The number of hydrogen-bond acceptors (Lipinski definition) is 4. The molecule has 4 nitrogen and oxygen atoms in total. The van der Waals surface area contributed by atoms with Gasteiger partial charge >= 0.3 is 5.97 Å². The van der Waals surface area contributed by atoms with Gasteiger partial charge in [-0.1, -0.05) is 6.92 Å². The summed E-state index contributed by atoms with van der Waals surface area (Å²) in [5.41, 5.74) is -1.45. The quantitative estimate of drug-likeness (QED) is 0.559. The molecular weight excluding hydrogens is 180 g/mol. The zero-order valence-corrected chi connectivity index (χ0v) is 7.54. The monoisotopic (exact) mass is 192 g/mol. The Morgan fingerprint density at radius 2 is 2.33 bits per heavy atom. The van der Waals surface area contributed by atoms with Crippen molar-refractivity contribution < 1.29 is 20.1 Å². The Labute approximate surface area is 74.6 Å². The van der Waals surface area contributed by atoms with Crippen LogP contribution in [0.3, 0.4) is 0 Å². The Morgan fingerprint density at radius 1 is 1.75 bits per heavy atom. The van der Waals surface area contributed by atoms with E-state index in [1.54, 1.807) is 6.92 Å². The average Bonchev–Trinajstić information content (AvgIpc) is 2.32. The lowest BCUT2D eigenvalue weighted by Crippen LogP contribution is -2.50. The summed E-state index contributed by atoms with van der Waals surface area (Å²) in [6.07, 6.45) is -1.32. The van der Waals surface area contributed by atoms with E-state index in [1.807, 2.05) is 0 Å². The molecule has 1 saturated heterocycles. The van der Waals surface area contributed by atoms with E-state index in [1.165, 1.54) is 11.8 Å². The molecule has 1 fully saturated rings. The van der Waals surface area contributed by atoms with Crippen molar-refractivity contribution in [3.8, 4) is 0 Å². The van der Waals surface area contributed by atoms with Crippen molar-refractivity contribution in [2.45, 2.75) is 30.3 Å². The lowest BCUT2D eigenvalue weighted by Gasteiger charge is -2.29. The minimum atomic E-state index is -1.66. The van der Waals surface area contributed by atoms with Gasteiger partial charge in [-0.3, -0.25) is 0 Å². The zero-order valence-electron chi connectivity index (χ0n) is 6.73. The Hall–Kier alpha value is -0.260. The molecule has 0 aromatic heterocycles. The Morgan fingerprint density at radius 3 is 2.67 bits per heavy atom. The van der Waals surface area contributed by atoms with Crippen molar-refractivity contribution in [3.05, 3.63) is 0 Å². The molecule has 0 amide bonds. The van der Waals surface area contributed by atoms with Crippen molar-refractivity contribution in [2.75, 3.05) is 5.75 Å². The number of carboxylic acid groups (broad SMARTS) is 1. The molecule has 3 unspecified atom stereocenters. The fourth-order valence-corrected chi connectivity index (χ4v) is 2.65. The minimum Gasteiger partial charge on any atom is -0.479 e. The first-order valence-electron chi connectivity index (χ1n) is 3.73. The summed E-state index contributed by atoms with van der Waals surface area (Å²) in [6, 6.07) is 0. The molecule has 0 aliphatic carbocycles. The van der Waals surface area contributed by atoms with Crippen LogP contribution in [-0.4, -0.2) is 44.0 Å². The highest BCUT2D eigenvalue weighted by Gasteiger charge is 2.48. The normalized spacial score (nSPS) is 38.1. The van der Waals surface area contributed by atoms with E-state index in [4.69, 9.17) is 5.11 Å². The maximum atomic E-state index is 10.4. The van der Waals surface area contributed by atoms with E-state index < -0.39 is 17.7 Å². The molecule has 3 N–H and O–H groups in total. The number of carboxylic acids is 1. The number of rotatable bonds is 2. The minimum absolute atomic E-state index is 0.219. The fourth-order valence-electron chi connectivity index (χ4n) is 1.32. The van der Waals surface area contributed by atoms with Crippen LogP contribution in [0.5, 0.6) is 0 Å². The second-order valence-corrected chi connectivity index (χ2v) is 4.44. The summed E-state index contributed by atoms with van der Waals surface area (Å²) in [4.78, 5) is 10.4. The van der Waals surface area contributed by atoms with E-state index in [0.29, 0.717) is 12.2 Å². The third-order valence-corrected chi connectivity index (χ3v) is 3.63. The third-order valence-electron chi connectivity index (χ3n) is 2.28.